The van der Waals surface area contributed by atoms with E-state index < -0.39 is 0 Å². The van der Waals surface area contributed by atoms with Crippen molar-refractivity contribution in [2.75, 3.05) is 5.32 Å². The molecule has 0 aliphatic rings. The second-order valence-corrected chi connectivity index (χ2v) is 4.72. The summed E-state index contributed by atoms with van der Waals surface area (Å²) in [7, 11) is 0. The molecule has 19 heavy (non-hydrogen) atoms. The van der Waals surface area contributed by atoms with Crippen molar-refractivity contribution in [3.8, 4) is 0 Å². The molecule has 2 aromatic carbocycles. The highest BCUT2D eigenvalue weighted by molar-refractivity contribution is 6.17. The molecular weight excluding hydrogens is 258 g/mol. The largest absolute Gasteiger partial charge is 0.326 e. The number of alkyl halides is 1. The number of rotatable bonds is 4. The van der Waals surface area contributed by atoms with E-state index in [0.717, 1.165) is 16.8 Å². The fourth-order valence-electron chi connectivity index (χ4n) is 1.82. The van der Waals surface area contributed by atoms with Crippen molar-refractivity contribution in [1.29, 1.82) is 0 Å². The van der Waals surface area contributed by atoms with Crippen molar-refractivity contribution in [3.63, 3.8) is 0 Å². The summed E-state index contributed by atoms with van der Waals surface area (Å²) in [5.41, 5.74) is 2.84. The van der Waals surface area contributed by atoms with E-state index in [1.165, 1.54) is 0 Å². The van der Waals surface area contributed by atoms with Crippen LogP contribution in [0.4, 0.5) is 5.69 Å². The lowest BCUT2D eigenvalue weighted by atomic mass is 10.0. The molecule has 2 rings (SSSR count). The number of carbonyl (C=O) groups excluding carboxylic acids is 1. The predicted octanol–water partition coefficient (Wildman–Crippen LogP) is 4.17. The van der Waals surface area contributed by atoms with E-state index in [-0.39, 0.29) is 11.8 Å². The first-order valence-corrected chi connectivity index (χ1v) is 6.75. The summed E-state index contributed by atoms with van der Waals surface area (Å²) >= 11 is 5.73. The Morgan fingerprint density at radius 1 is 1.11 bits per heavy atom. The molecule has 1 N–H and O–H groups in total. The van der Waals surface area contributed by atoms with Crippen molar-refractivity contribution in [2.24, 2.45) is 0 Å². The molecule has 0 aliphatic carbocycles. The Kier molecular flexibility index (Phi) is 4.58. The average molecular weight is 274 g/mol. The summed E-state index contributed by atoms with van der Waals surface area (Å²) in [6.45, 7) is 1.90. The molecule has 2 aromatic rings. The summed E-state index contributed by atoms with van der Waals surface area (Å²) in [6, 6.07) is 17.3. The van der Waals surface area contributed by atoms with Crippen LogP contribution in [0.1, 0.15) is 24.0 Å². The fraction of sp³-hybridized carbons (Fsp3) is 0.188. The number of halogens is 1. The highest BCUT2D eigenvalue weighted by atomic mass is 35.5. The summed E-state index contributed by atoms with van der Waals surface area (Å²) < 4.78 is 0. The van der Waals surface area contributed by atoms with Gasteiger partial charge in [0, 0.05) is 11.6 Å². The van der Waals surface area contributed by atoms with Gasteiger partial charge in [0.2, 0.25) is 5.91 Å². The Morgan fingerprint density at radius 2 is 1.74 bits per heavy atom. The number of hydrogen-bond acceptors (Lipinski definition) is 1. The lowest BCUT2D eigenvalue weighted by Gasteiger charge is -2.12. The van der Waals surface area contributed by atoms with Crippen molar-refractivity contribution in [1.82, 2.24) is 0 Å². The van der Waals surface area contributed by atoms with E-state index >= 15 is 0 Å². The van der Waals surface area contributed by atoms with Crippen LogP contribution >= 0.6 is 11.6 Å². The summed E-state index contributed by atoms with van der Waals surface area (Å²) in [6.07, 6.45) is 0. The van der Waals surface area contributed by atoms with Gasteiger partial charge in [-0.05, 0) is 30.2 Å². The summed E-state index contributed by atoms with van der Waals surface area (Å²) in [5, 5.41) is 2.91. The molecule has 1 unspecified atom stereocenters. The molecule has 0 heterocycles. The first kappa shape index (κ1) is 13.6. The Bertz CT molecular complexity index is 536. The first-order valence-electron chi connectivity index (χ1n) is 6.21. The SMILES string of the molecule is CC(C(=O)Nc1ccc(CCl)cc1)c1ccccc1. The standard InChI is InChI=1S/C16H16ClNO/c1-12(14-5-3-2-4-6-14)16(19)18-15-9-7-13(11-17)8-10-15/h2-10,12H,11H2,1H3,(H,18,19). The molecule has 1 amide bonds. The van der Waals surface area contributed by atoms with Crippen molar-refractivity contribution < 1.29 is 4.79 Å². The van der Waals surface area contributed by atoms with E-state index in [9.17, 15) is 4.79 Å². The Balaban J connectivity index is 2.04. The van der Waals surface area contributed by atoms with Gasteiger partial charge in [-0.15, -0.1) is 11.6 Å². The molecule has 98 valence electrons. The van der Waals surface area contributed by atoms with Crippen molar-refractivity contribution in [3.05, 3.63) is 65.7 Å². The zero-order chi connectivity index (χ0) is 13.7. The van der Waals surface area contributed by atoms with Crippen LogP contribution in [0.3, 0.4) is 0 Å². The highest BCUT2D eigenvalue weighted by Crippen LogP contribution is 2.18. The molecule has 0 aliphatic heterocycles. The van der Waals surface area contributed by atoms with Crippen LogP contribution in [0.2, 0.25) is 0 Å². The van der Waals surface area contributed by atoms with Gasteiger partial charge in [0.15, 0.2) is 0 Å². The Morgan fingerprint density at radius 3 is 2.32 bits per heavy atom. The normalized spacial score (nSPS) is 11.9. The number of amides is 1. The topological polar surface area (TPSA) is 29.1 Å². The van der Waals surface area contributed by atoms with Gasteiger partial charge in [-0.25, -0.2) is 0 Å². The molecule has 0 aromatic heterocycles. The van der Waals surface area contributed by atoms with Gasteiger partial charge < -0.3 is 5.32 Å². The second kappa shape index (κ2) is 6.39. The van der Waals surface area contributed by atoms with Gasteiger partial charge in [0.05, 0.1) is 5.92 Å². The molecule has 0 fully saturated rings. The molecule has 0 saturated heterocycles. The van der Waals surface area contributed by atoms with E-state index in [2.05, 4.69) is 5.32 Å². The number of hydrogen-bond donors (Lipinski definition) is 1. The molecule has 0 radical (unpaired) electrons. The molecule has 0 saturated carbocycles. The number of benzene rings is 2. The van der Waals surface area contributed by atoms with Crippen molar-refractivity contribution >= 4 is 23.2 Å². The van der Waals surface area contributed by atoms with Crippen LogP contribution in [0.5, 0.6) is 0 Å². The van der Waals surface area contributed by atoms with E-state index in [4.69, 9.17) is 11.6 Å². The molecule has 2 nitrogen and oxygen atoms in total. The number of anilines is 1. The average Bonchev–Trinajstić information content (AvgIpc) is 2.48. The monoisotopic (exact) mass is 273 g/mol. The van der Waals surface area contributed by atoms with Gasteiger partial charge in [0.25, 0.3) is 0 Å². The fourth-order valence-corrected chi connectivity index (χ4v) is 2.00. The Hall–Kier alpha value is -1.80. The van der Waals surface area contributed by atoms with Crippen LogP contribution < -0.4 is 5.32 Å². The molecule has 3 heteroatoms. The van der Waals surface area contributed by atoms with Gasteiger partial charge >= 0.3 is 0 Å². The third kappa shape index (κ3) is 3.58. The van der Waals surface area contributed by atoms with Gasteiger partial charge in [-0.3, -0.25) is 4.79 Å². The van der Waals surface area contributed by atoms with E-state index in [1.807, 2.05) is 61.5 Å². The summed E-state index contributed by atoms with van der Waals surface area (Å²) in [4.78, 5) is 12.1. The lowest BCUT2D eigenvalue weighted by Crippen LogP contribution is -2.18. The highest BCUT2D eigenvalue weighted by Gasteiger charge is 2.14. The maximum atomic E-state index is 12.1. The first-order chi connectivity index (χ1) is 9.20. The zero-order valence-electron chi connectivity index (χ0n) is 10.8. The molecule has 0 bridgehead atoms. The summed E-state index contributed by atoms with van der Waals surface area (Å²) in [5.74, 6) is 0.299. The molecule has 1 atom stereocenters. The van der Waals surface area contributed by atoms with Gasteiger partial charge in [-0.1, -0.05) is 42.5 Å². The Labute approximate surface area is 118 Å². The third-order valence-corrected chi connectivity index (χ3v) is 3.38. The minimum Gasteiger partial charge on any atom is -0.326 e. The van der Waals surface area contributed by atoms with Gasteiger partial charge in [-0.2, -0.15) is 0 Å². The van der Waals surface area contributed by atoms with Gasteiger partial charge in [0.1, 0.15) is 0 Å². The van der Waals surface area contributed by atoms with E-state index in [0.29, 0.717) is 5.88 Å². The number of nitrogens with one attached hydrogen (secondary N) is 1. The van der Waals surface area contributed by atoms with Crippen LogP contribution in [0.25, 0.3) is 0 Å². The van der Waals surface area contributed by atoms with Crippen LogP contribution in [0, 0.1) is 0 Å². The predicted molar refractivity (Wildman–Crippen MR) is 79.5 cm³/mol. The smallest absolute Gasteiger partial charge is 0.231 e. The van der Waals surface area contributed by atoms with Crippen molar-refractivity contribution in [2.45, 2.75) is 18.7 Å². The van der Waals surface area contributed by atoms with E-state index in [1.54, 1.807) is 0 Å². The van der Waals surface area contributed by atoms with Crippen LogP contribution in [-0.2, 0) is 10.7 Å². The minimum atomic E-state index is -0.172. The van der Waals surface area contributed by atoms with Crippen LogP contribution in [-0.4, -0.2) is 5.91 Å². The zero-order valence-corrected chi connectivity index (χ0v) is 11.5. The number of carbonyl (C=O) groups is 1. The molecular formula is C16H16ClNO. The quantitative estimate of drug-likeness (QED) is 0.833. The van der Waals surface area contributed by atoms with Crippen LogP contribution in [0.15, 0.2) is 54.6 Å². The third-order valence-electron chi connectivity index (χ3n) is 3.07. The lowest BCUT2D eigenvalue weighted by molar-refractivity contribution is -0.117. The maximum absolute atomic E-state index is 12.1. The minimum absolute atomic E-state index is 0.00942. The maximum Gasteiger partial charge on any atom is 0.231 e. The second-order valence-electron chi connectivity index (χ2n) is 4.45. The molecule has 0 spiro atoms.